The van der Waals surface area contributed by atoms with Gasteiger partial charge in [0, 0.05) is 44.6 Å². The maximum absolute atomic E-state index is 12.9. The summed E-state index contributed by atoms with van der Waals surface area (Å²) in [5.41, 5.74) is 2.05. The highest BCUT2D eigenvalue weighted by Gasteiger charge is 2.26. The molecule has 0 saturated carbocycles. The molecule has 1 aliphatic rings. The largest absolute Gasteiger partial charge is 0.457 e. The number of hydrogen-bond acceptors (Lipinski definition) is 7. The Morgan fingerprint density at radius 3 is 2.60 bits per heavy atom. The normalized spacial score (nSPS) is 14.1. The third kappa shape index (κ3) is 6.61. The van der Waals surface area contributed by atoms with Crippen molar-refractivity contribution in [3.05, 3.63) is 60.4 Å². The fourth-order valence-electron chi connectivity index (χ4n) is 5.16. The van der Waals surface area contributed by atoms with Crippen LogP contribution in [0.25, 0.3) is 22.4 Å². The van der Waals surface area contributed by atoms with Gasteiger partial charge in [0.05, 0.1) is 0 Å². The maximum atomic E-state index is 12.9. The van der Waals surface area contributed by atoms with E-state index in [0.717, 1.165) is 73.5 Å². The first-order chi connectivity index (χ1) is 19.5. The monoisotopic (exact) mass is 541 g/mol. The summed E-state index contributed by atoms with van der Waals surface area (Å²) < 4.78 is 11.9. The van der Waals surface area contributed by atoms with Crippen molar-refractivity contribution in [1.82, 2.24) is 20.0 Å². The summed E-state index contributed by atoms with van der Waals surface area (Å²) in [4.78, 5) is 27.0. The number of carbonyl (C=O) groups is 1. The zero-order valence-electron chi connectivity index (χ0n) is 23.8. The number of carbonyl (C=O) groups excluding carboxylic acids is 1. The fourth-order valence-corrected chi connectivity index (χ4v) is 5.16. The standard InChI is InChI=1S/C32H39N5O3/c1-4-5-7-16-28(38)36-17-11-18-37(20-19-36)31-29-30(35-40-32(29)34-27(33-31)21-23(2)3)24-12-10-15-26(22-24)39-25-13-8-6-9-14-25/h6,8-10,12-15,22-23H,4-5,7,11,16-21H2,1-3H3. The molecule has 0 spiro atoms. The van der Waals surface area contributed by atoms with E-state index in [4.69, 9.17) is 19.2 Å². The molecule has 0 N–H and O–H groups in total. The Bertz CT molecular complexity index is 1420. The molecule has 2 aromatic carbocycles. The van der Waals surface area contributed by atoms with E-state index in [2.05, 4.69) is 30.8 Å². The molecule has 0 unspecified atom stereocenters. The number of unbranched alkanes of at least 4 members (excludes halogenated alkanes) is 2. The van der Waals surface area contributed by atoms with Crippen LogP contribution in [-0.2, 0) is 11.2 Å². The first-order valence-corrected chi connectivity index (χ1v) is 14.5. The second-order valence-corrected chi connectivity index (χ2v) is 10.9. The van der Waals surface area contributed by atoms with Crippen molar-refractivity contribution >= 4 is 22.8 Å². The topological polar surface area (TPSA) is 84.6 Å². The van der Waals surface area contributed by atoms with E-state index in [0.29, 0.717) is 42.6 Å². The van der Waals surface area contributed by atoms with E-state index >= 15 is 0 Å². The summed E-state index contributed by atoms with van der Waals surface area (Å²) in [7, 11) is 0. The van der Waals surface area contributed by atoms with Crippen LogP contribution in [-0.4, -0.2) is 52.1 Å². The fraction of sp³-hybridized carbons (Fsp3) is 0.438. The van der Waals surface area contributed by atoms with Gasteiger partial charge in [-0.3, -0.25) is 4.79 Å². The molecule has 1 amide bonds. The second-order valence-electron chi connectivity index (χ2n) is 10.9. The van der Waals surface area contributed by atoms with Crippen molar-refractivity contribution in [2.75, 3.05) is 31.1 Å². The summed E-state index contributed by atoms with van der Waals surface area (Å²) in [5.74, 6) is 3.71. The lowest BCUT2D eigenvalue weighted by Crippen LogP contribution is -2.35. The number of amides is 1. The summed E-state index contributed by atoms with van der Waals surface area (Å²) in [6.45, 7) is 9.43. The number of ether oxygens (including phenoxy) is 1. The number of rotatable bonds is 10. The molecule has 8 heteroatoms. The Kier molecular flexibility index (Phi) is 8.94. The number of fused-ring (bicyclic) bond motifs is 1. The van der Waals surface area contributed by atoms with Crippen molar-refractivity contribution in [2.24, 2.45) is 5.92 Å². The number of hydrogen-bond donors (Lipinski definition) is 0. The minimum Gasteiger partial charge on any atom is -0.457 e. The molecule has 1 aliphatic heterocycles. The first-order valence-electron chi connectivity index (χ1n) is 14.5. The van der Waals surface area contributed by atoms with E-state index in [1.807, 2.05) is 59.5 Å². The first kappa shape index (κ1) is 27.6. The van der Waals surface area contributed by atoms with Crippen molar-refractivity contribution in [1.29, 1.82) is 0 Å². The SMILES string of the molecule is CCCCCC(=O)N1CCCN(c2nc(CC(C)C)nc3onc(-c4cccc(Oc5ccccc5)c4)c23)CC1. The highest BCUT2D eigenvalue weighted by molar-refractivity contribution is 5.98. The van der Waals surface area contributed by atoms with E-state index in [9.17, 15) is 4.79 Å². The Morgan fingerprint density at radius 1 is 0.975 bits per heavy atom. The molecular weight excluding hydrogens is 502 g/mol. The van der Waals surface area contributed by atoms with E-state index in [1.54, 1.807) is 0 Å². The predicted octanol–water partition coefficient (Wildman–Crippen LogP) is 6.89. The zero-order valence-corrected chi connectivity index (χ0v) is 23.8. The average molecular weight is 542 g/mol. The van der Waals surface area contributed by atoms with Crippen molar-refractivity contribution < 1.29 is 14.1 Å². The molecule has 0 bridgehead atoms. The van der Waals surface area contributed by atoms with Crippen LogP contribution in [0, 0.1) is 5.92 Å². The summed E-state index contributed by atoms with van der Waals surface area (Å²) in [6.07, 6.45) is 5.42. The Hall–Kier alpha value is -3.94. The maximum Gasteiger partial charge on any atom is 0.263 e. The molecule has 4 aromatic rings. The van der Waals surface area contributed by atoms with Gasteiger partial charge < -0.3 is 19.1 Å². The van der Waals surface area contributed by atoms with E-state index < -0.39 is 0 Å². The molecular formula is C32H39N5O3. The molecule has 5 rings (SSSR count). The highest BCUT2D eigenvalue weighted by Crippen LogP contribution is 2.36. The molecule has 1 saturated heterocycles. The third-order valence-corrected chi connectivity index (χ3v) is 7.18. The summed E-state index contributed by atoms with van der Waals surface area (Å²) in [6, 6.07) is 17.6. The highest BCUT2D eigenvalue weighted by atomic mass is 16.5. The summed E-state index contributed by atoms with van der Waals surface area (Å²) >= 11 is 0. The molecule has 2 aromatic heterocycles. The lowest BCUT2D eigenvalue weighted by molar-refractivity contribution is -0.131. The zero-order chi connectivity index (χ0) is 27.9. The predicted molar refractivity (Wildman–Crippen MR) is 158 cm³/mol. The van der Waals surface area contributed by atoms with Gasteiger partial charge in [0.15, 0.2) is 0 Å². The molecule has 0 atom stereocenters. The quantitative estimate of drug-likeness (QED) is 0.202. The van der Waals surface area contributed by atoms with Gasteiger partial charge in [0.1, 0.15) is 34.2 Å². The van der Waals surface area contributed by atoms with Gasteiger partial charge in [-0.1, -0.05) is 69.1 Å². The number of aromatic nitrogens is 3. The molecule has 1 fully saturated rings. The molecule has 210 valence electrons. The lowest BCUT2D eigenvalue weighted by atomic mass is 10.1. The van der Waals surface area contributed by atoms with Gasteiger partial charge in [-0.15, -0.1) is 0 Å². The van der Waals surface area contributed by atoms with Gasteiger partial charge in [-0.25, -0.2) is 4.98 Å². The van der Waals surface area contributed by atoms with Crippen LogP contribution in [0.3, 0.4) is 0 Å². The average Bonchev–Trinajstić information content (AvgIpc) is 3.22. The minimum atomic E-state index is 0.254. The Balaban J connectivity index is 1.47. The molecule has 8 nitrogen and oxygen atoms in total. The van der Waals surface area contributed by atoms with Gasteiger partial charge in [0.2, 0.25) is 5.91 Å². The number of benzene rings is 2. The van der Waals surface area contributed by atoms with Gasteiger partial charge in [-0.05, 0) is 43.0 Å². The van der Waals surface area contributed by atoms with Crippen LogP contribution in [0.1, 0.15) is 58.7 Å². The molecule has 0 radical (unpaired) electrons. The molecule has 0 aliphatic carbocycles. The number of para-hydroxylation sites is 1. The van der Waals surface area contributed by atoms with E-state index in [1.165, 1.54) is 0 Å². The van der Waals surface area contributed by atoms with Crippen molar-refractivity contribution in [3.8, 4) is 22.8 Å². The smallest absolute Gasteiger partial charge is 0.263 e. The number of anilines is 1. The van der Waals surface area contributed by atoms with Crippen molar-refractivity contribution in [3.63, 3.8) is 0 Å². The van der Waals surface area contributed by atoms with Crippen LogP contribution in [0.4, 0.5) is 5.82 Å². The van der Waals surface area contributed by atoms with Crippen LogP contribution < -0.4 is 9.64 Å². The van der Waals surface area contributed by atoms with Gasteiger partial charge >= 0.3 is 0 Å². The Labute approximate surface area is 236 Å². The van der Waals surface area contributed by atoms with Crippen LogP contribution in [0.5, 0.6) is 11.5 Å². The van der Waals surface area contributed by atoms with Gasteiger partial charge in [0.25, 0.3) is 5.71 Å². The third-order valence-electron chi connectivity index (χ3n) is 7.18. The summed E-state index contributed by atoms with van der Waals surface area (Å²) in [5, 5.41) is 5.27. The van der Waals surface area contributed by atoms with Crippen LogP contribution >= 0.6 is 0 Å². The van der Waals surface area contributed by atoms with E-state index in [-0.39, 0.29) is 5.91 Å². The second kappa shape index (κ2) is 12.9. The number of nitrogens with zero attached hydrogens (tertiary/aromatic N) is 5. The Morgan fingerprint density at radius 2 is 1.80 bits per heavy atom. The van der Waals surface area contributed by atoms with Gasteiger partial charge in [-0.2, -0.15) is 4.98 Å². The lowest BCUT2D eigenvalue weighted by Gasteiger charge is -2.24. The minimum absolute atomic E-state index is 0.254. The van der Waals surface area contributed by atoms with Crippen molar-refractivity contribution in [2.45, 2.75) is 59.3 Å². The van der Waals surface area contributed by atoms with Crippen LogP contribution in [0.15, 0.2) is 59.1 Å². The molecule has 3 heterocycles. The molecule has 40 heavy (non-hydrogen) atoms. The van der Waals surface area contributed by atoms with Crippen LogP contribution in [0.2, 0.25) is 0 Å².